The van der Waals surface area contributed by atoms with E-state index in [0.717, 1.165) is 34.9 Å². The van der Waals surface area contributed by atoms with Gasteiger partial charge in [0.25, 0.3) is 0 Å². The van der Waals surface area contributed by atoms with E-state index in [1.54, 1.807) is 26.2 Å². The van der Waals surface area contributed by atoms with Crippen molar-refractivity contribution in [3.8, 4) is 12.1 Å². The third-order valence-corrected chi connectivity index (χ3v) is 11.0. The minimum atomic E-state index is -0.268. The largest absolute Gasteiger partial charge is 0.392 e. The fourth-order valence-corrected chi connectivity index (χ4v) is 7.34. The molecule has 0 unspecified atom stereocenters. The second-order valence-electron chi connectivity index (χ2n) is 24.6. The quantitative estimate of drug-likeness (QED) is 0.0657. The highest BCUT2D eigenvalue weighted by Gasteiger charge is 2.28. The van der Waals surface area contributed by atoms with Gasteiger partial charge in [0.05, 0.1) is 64.3 Å². The number of anilines is 8. The van der Waals surface area contributed by atoms with Crippen LogP contribution in [0, 0.1) is 49.7 Å². The van der Waals surface area contributed by atoms with Gasteiger partial charge in [-0.1, -0.05) is 125 Å². The Balaban J connectivity index is 0.000000333. The summed E-state index contributed by atoms with van der Waals surface area (Å²) in [6.45, 7) is 53.8. The number of nitrogens with zero attached hydrogens (tertiary/aromatic N) is 17. The minimum absolute atomic E-state index is 0.00512. The Morgan fingerprint density at radius 1 is 0.407 bits per heavy atom. The van der Waals surface area contributed by atoms with Crippen LogP contribution in [-0.4, -0.2) is 66.0 Å². The molecule has 0 spiro atoms. The lowest BCUT2D eigenvalue weighted by Crippen LogP contribution is -2.19. The normalized spacial score (nSPS) is 11.7. The van der Waals surface area contributed by atoms with Crippen molar-refractivity contribution in [1.29, 1.82) is 10.5 Å². The molecule has 0 amide bonds. The van der Waals surface area contributed by atoms with Crippen LogP contribution in [0.15, 0.2) is 17.4 Å². The molecule has 81 heavy (non-hydrogen) atoms. The maximum Gasteiger partial charge on any atom is 0.249 e. The smallest absolute Gasteiger partial charge is 0.249 e. The van der Waals surface area contributed by atoms with Crippen LogP contribution in [-0.2, 0) is 38.9 Å². The predicted octanol–water partition coefficient (Wildman–Crippen LogP) is 9.02. The summed E-state index contributed by atoms with van der Waals surface area (Å²) in [5, 5.41) is 17.9. The zero-order valence-corrected chi connectivity index (χ0v) is 50.7. The number of fused-ring (bicyclic) bond motifs is 1. The van der Waals surface area contributed by atoms with E-state index in [4.69, 9.17) is 69.5 Å². The molecule has 1 aliphatic heterocycles. The van der Waals surface area contributed by atoms with Crippen LogP contribution in [0.4, 0.5) is 64.4 Å². The second kappa shape index (κ2) is 26.4. The maximum absolute atomic E-state index is 8.98. The molecule has 0 atom stereocenters. The van der Waals surface area contributed by atoms with E-state index in [-0.39, 0.29) is 67.9 Å². The summed E-state index contributed by atoms with van der Waals surface area (Å²) in [5.41, 5.74) is 52.1. The Bertz CT molecular complexity index is 3080. The molecular formula is C56H81N25. The standard InChI is InChI=1S/3C10H14N4.2C9H13N5.C8H13N3/c1-10(2,3)7-6-4-5-12-8(6)14-9(11)13-7;1-6-7(12-5)8(10(2,3)4)14-9(11)13-6;1-6-7(5-11)8(10(2,3)4)14-9(12)13-6;1-9(2,3)6-5(12-4)7(10)14-8(11)13-6;1-9(2,3)6-5(4-10)7(11)14-8(12)13-6;1-8(2,3)6-7(9)11-5-4-10-6/h5H,4H2,1-3H3,(H2,11,13,14);1-4H3,(H2,11,13,14);1-4H3,(H2,12,13,14);1-3H3,(H4,10,11,13,14);1-3H3,(H4,11,12,13,14);4-5H,1-3H3,(H2,9,11). The fraction of sp³-hybridized carbons (Fsp3) is 0.482. The van der Waals surface area contributed by atoms with Gasteiger partial charge in [0.2, 0.25) is 41.1 Å². The number of nitriles is 2. The van der Waals surface area contributed by atoms with Gasteiger partial charge in [-0.25, -0.2) is 59.5 Å². The first kappa shape index (κ1) is 67.6. The van der Waals surface area contributed by atoms with Crippen molar-refractivity contribution in [1.82, 2.24) is 59.8 Å². The highest BCUT2D eigenvalue weighted by molar-refractivity contribution is 5.75. The van der Waals surface area contributed by atoms with Crippen molar-refractivity contribution in [2.45, 2.75) is 177 Å². The molecule has 16 N–H and O–H groups in total. The Hall–Kier alpha value is -9.49. The summed E-state index contributed by atoms with van der Waals surface area (Å²) in [6, 6.07) is 4.11. The van der Waals surface area contributed by atoms with Crippen LogP contribution >= 0.6 is 0 Å². The lowest BCUT2D eigenvalue weighted by Gasteiger charge is -2.20. The van der Waals surface area contributed by atoms with Gasteiger partial charge in [-0.3, -0.25) is 4.98 Å². The first-order valence-electron chi connectivity index (χ1n) is 25.4. The Kier molecular flexibility index (Phi) is 22.1. The van der Waals surface area contributed by atoms with E-state index in [2.05, 4.69) is 122 Å². The summed E-state index contributed by atoms with van der Waals surface area (Å²) < 4.78 is 0. The number of aliphatic imine (C=N–C) groups is 1. The maximum atomic E-state index is 8.98. The van der Waals surface area contributed by atoms with Gasteiger partial charge in [0.15, 0.2) is 5.82 Å². The van der Waals surface area contributed by atoms with Crippen molar-refractivity contribution in [3.05, 3.63) is 97.5 Å². The molecule has 0 bridgehead atoms. The molecule has 25 nitrogen and oxygen atoms in total. The molecule has 6 aromatic heterocycles. The highest BCUT2D eigenvalue weighted by atomic mass is 15.1. The summed E-state index contributed by atoms with van der Waals surface area (Å²) in [5.74, 6) is 2.55. The zero-order chi connectivity index (χ0) is 62.6. The lowest BCUT2D eigenvalue weighted by molar-refractivity contribution is 0.563. The average Bonchev–Trinajstić information content (AvgIpc) is 3.78. The molecule has 25 heteroatoms. The van der Waals surface area contributed by atoms with Crippen molar-refractivity contribution in [3.63, 3.8) is 0 Å². The molecule has 0 radical (unpaired) electrons. The number of rotatable bonds is 0. The Morgan fingerprint density at radius 2 is 0.765 bits per heavy atom. The van der Waals surface area contributed by atoms with Crippen LogP contribution in [0.3, 0.4) is 0 Å². The van der Waals surface area contributed by atoms with Crippen LogP contribution < -0.4 is 45.9 Å². The van der Waals surface area contributed by atoms with Gasteiger partial charge in [0, 0.05) is 52.3 Å². The highest BCUT2D eigenvalue weighted by Crippen LogP contribution is 2.36. The van der Waals surface area contributed by atoms with Crippen LogP contribution in [0.5, 0.6) is 0 Å². The van der Waals surface area contributed by atoms with Gasteiger partial charge in [-0.15, -0.1) is 0 Å². The number of aromatic nitrogens is 12. The second-order valence-corrected chi connectivity index (χ2v) is 24.6. The van der Waals surface area contributed by atoms with E-state index in [1.807, 2.05) is 95.4 Å². The van der Waals surface area contributed by atoms with Gasteiger partial charge < -0.3 is 45.9 Å². The topological polar surface area (TPSA) is 431 Å². The predicted molar refractivity (Wildman–Crippen MR) is 323 cm³/mol. The minimum Gasteiger partial charge on any atom is -0.392 e. The summed E-state index contributed by atoms with van der Waals surface area (Å²) >= 11 is 0. The fourth-order valence-electron chi connectivity index (χ4n) is 7.34. The molecular weight excluding hydrogens is 1020 g/mol. The van der Waals surface area contributed by atoms with E-state index in [9.17, 15) is 0 Å². The van der Waals surface area contributed by atoms with E-state index in [0.29, 0.717) is 62.7 Å². The van der Waals surface area contributed by atoms with Crippen molar-refractivity contribution in [2.24, 2.45) is 4.99 Å². The molecule has 0 aliphatic carbocycles. The van der Waals surface area contributed by atoms with Gasteiger partial charge in [-0.05, 0) is 24.7 Å². The summed E-state index contributed by atoms with van der Waals surface area (Å²) in [4.78, 5) is 59.2. The van der Waals surface area contributed by atoms with Crippen molar-refractivity contribution >= 4 is 70.6 Å². The lowest BCUT2D eigenvalue weighted by atomic mass is 9.88. The number of nitrogens with two attached hydrogens (primary N) is 8. The number of aryl methyl sites for hydroxylation is 2. The van der Waals surface area contributed by atoms with Crippen LogP contribution in [0.25, 0.3) is 9.69 Å². The van der Waals surface area contributed by atoms with Crippen molar-refractivity contribution in [2.75, 3.05) is 45.9 Å². The Labute approximate surface area is 477 Å². The molecule has 0 aromatic carbocycles. The Morgan fingerprint density at radius 3 is 1.17 bits per heavy atom. The molecule has 0 fully saturated rings. The van der Waals surface area contributed by atoms with Crippen molar-refractivity contribution < 1.29 is 0 Å². The van der Waals surface area contributed by atoms with E-state index in [1.165, 1.54) is 0 Å². The van der Waals surface area contributed by atoms with Gasteiger partial charge >= 0.3 is 0 Å². The summed E-state index contributed by atoms with van der Waals surface area (Å²) in [6.07, 6.45) is 5.94. The number of hydrogen-bond donors (Lipinski definition) is 8. The van der Waals surface area contributed by atoms with Gasteiger partial charge in [0.1, 0.15) is 35.2 Å². The molecule has 7 heterocycles. The monoisotopic (exact) mass is 1100 g/mol. The number of hydrogen-bond acceptors (Lipinski definition) is 23. The third kappa shape index (κ3) is 19.1. The first-order valence-corrected chi connectivity index (χ1v) is 25.4. The third-order valence-electron chi connectivity index (χ3n) is 11.0. The van der Waals surface area contributed by atoms with Crippen LogP contribution in [0.1, 0.15) is 187 Å². The average molecular weight is 1100 g/mol. The molecule has 430 valence electrons. The molecule has 0 saturated carbocycles. The number of nitrogen functional groups attached to an aromatic ring is 8. The van der Waals surface area contributed by atoms with E-state index < -0.39 is 0 Å². The summed E-state index contributed by atoms with van der Waals surface area (Å²) in [7, 11) is 0. The van der Waals surface area contributed by atoms with E-state index >= 15 is 0 Å². The molecule has 7 rings (SSSR count). The van der Waals surface area contributed by atoms with Crippen LogP contribution in [0.2, 0.25) is 0 Å². The SMILES string of the molecule is CC(C)(C)c1nc(N)nc(N)c1C#N.CC(C)(C)c1nc(N)nc2c1CC=N2.CC(C)(C)c1nccnc1N.Cc1nc(N)nc(C(C)(C)C)c1C#N.[C-]#[N+]c1c(C)nc(N)nc1C(C)(C)C.[C-]#[N+]c1c(N)nc(N)nc1C(C)(C)C. The molecule has 0 saturated heterocycles. The zero-order valence-electron chi connectivity index (χ0n) is 50.7. The molecule has 1 aliphatic rings. The van der Waals surface area contributed by atoms with Gasteiger partial charge in [-0.2, -0.15) is 20.5 Å². The first-order chi connectivity index (χ1) is 36.9. The molecule has 6 aromatic rings.